The van der Waals surface area contributed by atoms with Crippen LogP contribution in [0.2, 0.25) is 10.0 Å². The third-order valence-electron chi connectivity index (χ3n) is 4.61. The Balaban J connectivity index is 1.60. The van der Waals surface area contributed by atoms with E-state index in [2.05, 4.69) is 5.32 Å². The van der Waals surface area contributed by atoms with Crippen molar-refractivity contribution in [2.75, 3.05) is 5.32 Å². The molecule has 0 bridgehead atoms. The van der Waals surface area contributed by atoms with Crippen molar-refractivity contribution in [3.05, 3.63) is 99.0 Å². The van der Waals surface area contributed by atoms with Crippen LogP contribution in [0.5, 0.6) is 0 Å². The quantitative estimate of drug-likeness (QED) is 0.562. The largest absolute Gasteiger partial charge is 0.454 e. The summed E-state index contributed by atoms with van der Waals surface area (Å²) in [7, 11) is 0. The van der Waals surface area contributed by atoms with Crippen molar-refractivity contribution >= 4 is 40.8 Å². The lowest BCUT2D eigenvalue weighted by atomic mass is 9.93. The van der Waals surface area contributed by atoms with Crippen LogP contribution < -0.4 is 5.32 Å². The molecule has 0 saturated heterocycles. The van der Waals surface area contributed by atoms with Gasteiger partial charge in [-0.05, 0) is 53.6 Å². The normalized spacial score (nSPS) is 15.5. The second kappa shape index (κ2) is 7.66. The number of halogens is 2. The summed E-state index contributed by atoms with van der Waals surface area (Å²) in [4.78, 5) is 25.0. The summed E-state index contributed by atoms with van der Waals surface area (Å²) in [5, 5.41) is 3.87. The van der Waals surface area contributed by atoms with Gasteiger partial charge >= 0.3 is 5.97 Å². The van der Waals surface area contributed by atoms with Crippen molar-refractivity contribution in [2.24, 2.45) is 0 Å². The second-order valence-electron chi connectivity index (χ2n) is 6.46. The van der Waals surface area contributed by atoms with Crippen LogP contribution in [0.1, 0.15) is 37.9 Å². The molecule has 28 heavy (non-hydrogen) atoms. The van der Waals surface area contributed by atoms with Gasteiger partial charge in [-0.3, -0.25) is 4.79 Å². The molecule has 1 aliphatic heterocycles. The van der Waals surface area contributed by atoms with Gasteiger partial charge < -0.3 is 10.1 Å². The lowest BCUT2D eigenvalue weighted by Crippen LogP contribution is -2.23. The van der Waals surface area contributed by atoms with Crippen LogP contribution in [-0.2, 0) is 11.2 Å². The molecule has 1 atom stereocenters. The number of para-hydroxylation sites is 1. The second-order valence-corrected chi connectivity index (χ2v) is 7.30. The molecule has 1 amide bonds. The first-order valence-electron chi connectivity index (χ1n) is 8.66. The molecule has 0 aliphatic carbocycles. The molecule has 1 N–H and O–H groups in total. The monoisotopic (exact) mass is 411 g/mol. The van der Waals surface area contributed by atoms with Gasteiger partial charge in [-0.15, -0.1) is 0 Å². The molecule has 3 aromatic rings. The predicted octanol–water partition coefficient (Wildman–Crippen LogP) is 5.70. The number of ether oxygens (including phenoxy) is 1. The smallest absolute Gasteiger partial charge is 0.339 e. The number of amides is 1. The zero-order chi connectivity index (χ0) is 19.7. The molecule has 1 heterocycles. The number of nitrogens with one attached hydrogen (secondary N) is 1. The number of benzene rings is 3. The minimum Gasteiger partial charge on any atom is -0.454 e. The Labute approximate surface area is 172 Å². The molecule has 0 fully saturated rings. The van der Waals surface area contributed by atoms with Gasteiger partial charge in [0.25, 0.3) is 5.91 Å². The summed E-state index contributed by atoms with van der Waals surface area (Å²) in [5.41, 5.74) is 3.07. The van der Waals surface area contributed by atoms with Crippen molar-refractivity contribution < 1.29 is 14.3 Å². The molecule has 6 heteroatoms. The Hall–Kier alpha value is -2.82. The molecule has 1 aliphatic rings. The first kappa shape index (κ1) is 18.5. The summed E-state index contributed by atoms with van der Waals surface area (Å²) in [6, 6.07) is 19.2. The highest BCUT2D eigenvalue weighted by Crippen LogP contribution is 2.32. The van der Waals surface area contributed by atoms with E-state index in [4.69, 9.17) is 27.9 Å². The van der Waals surface area contributed by atoms with Crippen LogP contribution in [0.15, 0.2) is 66.7 Å². The molecule has 0 spiro atoms. The maximum atomic E-state index is 12.6. The van der Waals surface area contributed by atoms with Crippen molar-refractivity contribution in [3.63, 3.8) is 0 Å². The topological polar surface area (TPSA) is 55.4 Å². The fourth-order valence-electron chi connectivity index (χ4n) is 3.16. The number of hydrogen-bond donors (Lipinski definition) is 1. The van der Waals surface area contributed by atoms with E-state index in [0.29, 0.717) is 33.3 Å². The minimum atomic E-state index is -0.417. The van der Waals surface area contributed by atoms with Gasteiger partial charge in [0.2, 0.25) is 0 Å². The number of rotatable bonds is 3. The van der Waals surface area contributed by atoms with Crippen LogP contribution in [0.4, 0.5) is 5.69 Å². The van der Waals surface area contributed by atoms with Crippen molar-refractivity contribution in [3.8, 4) is 0 Å². The first-order valence-corrected chi connectivity index (χ1v) is 9.42. The fourth-order valence-corrected chi connectivity index (χ4v) is 3.47. The lowest BCUT2D eigenvalue weighted by molar-refractivity contribution is 0.0252. The third-order valence-corrected chi connectivity index (χ3v) is 5.19. The Morgan fingerprint density at radius 3 is 2.50 bits per heavy atom. The summed E-state index contributed by atoms with van der Waals surface area (Å²) in [6.07, 6.45) is 0.0646. The predicted molar refractivity (Wildman–Crippen MR) is 109 cm³/mol. The number of hydrogen-bond acceptors (Lipinski definition) is 3. The Bertz CT molecular complexity index is 1060. The van der Waals surface area contributed by atoms with Crippen LogP contribution in [0, 0.1) is 0 Å². The third kappa shape index (κ3) is 3.75. The van der Waals surface area contributed by atoms with Gasteiger partial charge in [-0.1, -0.05) is 47.5 Å². The molecule has 0 radical (unpaired) electrons. The van der Waals surface area contributed by atoms with E-state index in [1.54, 1.807) is 54.6 Å². The average molecular weight is 412 g/mol. The van der Waals surface area contributed by atoms with E-state index in [1.807, 2.05) is 12.1 Å². The maximum Gasteiger partial charge on any atom is 0.339 e. The van der Waals surface area contributed by atoms with Crippen LogP contribution >= 0.6 is 23.2 Å². The van der Waals surface area contributed by atoms with E-state index in [-0.39, 0.29) is 5.91 Å². The SMILES string of the molecule is O=C(Nc1ccccc1Cl)c1ccc2c(c1)CC(c1ccc(Cl)cc1)OC2=O. The van der Waals surface area contributed by atoms with Gasteiger partial charge in [0.15, 0.2) is 0 Å². The van der Waals surface area contributed by atoms with Gasteiger partial charge in [0, 0.05) is 17.0 Å². The molecule has 1 unspecified atom stereocenters. The average Bonchev–Trinajstić information content (AvgIpc) is 2.69. The summed E-state index contributed by atoms with van der Waals surface area (Å²) < 4.78 is 5.55. The first-order chi connectivity index (χ1) is 13.5. The number of carbonyl (C=O) groups excluding carboxylic acids is 2. The highest BCUT2D eigenvalue weighted by molar-refractivity contribution is 6.34. The summed E-state index contributed by atoms with van der Waals surface area (Å²) >= 11 is 12.0. The zero-order valence-electron chi connectivity index (χ0n) is 14.6. The van der Waals surface area contributed by atoms with Crippen molar-refractivity contribution in [2.45, 2.75) is 12.5 Å². The standard InChI is InChI=1S/C22H15Cl2NO3/c23-16-8-5-13(6-9-16)20-12-15-11-14(7-10-17(15)22(27)28-20)21(26)25-19-4-2-1-3-18(19)24/h1-11,20H,12H2,(H,25,26). The molecule has 4 nitrogen and oxygen atoms in total. The number of esters is 1. The highest BCUT2D eigenvalue weighted by atomic mass is 35.5. The highest BCUT2D eigenvalue weighted by Gasteiger charge is 2.28. The number of anilines is 1. The molecule has 4 rings (SSSR count). The van der Waals surface area contributed by atoms with Gasteiger partial charge in [0.1, 0.15) is 6.10 Å². The molecule has 3 aromatic carbocycles. The van der Waals surface area contributed by atoms with Crippen molar-refractivity contribution in [1.82, 2.24) is 0 Å². The van der Waals surface area contributed by atoms with Crippen LogP contribution in [-0.4, -0.2) is 11.9 Å². The zero-order valence-corrected chi connectivity index (χ0v) is 16.1. The number of carbonyl (C=O) groups is 2. The lowest BCUT2D eigenvalue weighted by Gasteiger charge is -2.25. The van der Waals surface area contributed by atoms with Crippen LogP contribution in [0.25, 0.3) is 0 Å². The number of fused-ring (bicyclic) bond motifs is 1. The van der Waals surface area contributed by atoms with E-state index < -0.39 is 12.1 Å². The molecule has 140 valence electrons. The van der Waals surface area contributed by atoms with Crippen LogP contribution in [0.3, 0.4) is 0 Å². The Kier molecular flexibility index (Phi) is 5.07. The number of cyclic esters (lactones) is 1. The van der Waals surface area contributed by atoms with E-state index in [9.17, 15) is 9.59 Å². The van der Waals surface area contributed by atoms with E-state index >= 15 is 0 Å². The maximum absolute atomic E-state index is 12.6. The molecular formula is C22H15Cl2NO3. The summed E-state index contributed by atoms with van der Waals surface area (Å²) in [5.74, 6) is -0.697. The van der Waals surface area contributed by atoms with Gasteiger partial charge in [0.05, 0.1) is 16.3 Å². The van der Waals surface area contributed by atoms with Crippen molar-refractivity contribution in [1.29, 1.82) is 0 Å². The minimum absolute atomic E-state index is 0.294. The van der Waals surface area contributed by atoms with Gasteiger partial charge in [-0.2, -0.15) is 0 Å². The van der Waals surface area contributed by atoms with E-state index in [0.717, 1.165) is 11.1 Å². The van der Waals surface area contributed by atoms with E-state index in [1.165, 1.54) is 0 Å². The molecular weight excluding hydrogens is 397 g/mol. The Morgan fingerprint density at radius 2 is 1.75 bits per heavy atom. The summed E-state index contributed by atoms with van der Waals surface area (Å²) in [6.45, 7) is 0. The Morgan fingerprint density at radius 1 is 1.00 bits per heavy atom. The molecule has 0 saturated carbocycles. The molecule has 0 aromatic heterocycles. The van der Waals surface area contributed by atoms with Gasteiger partial charge in [-0.25, -0.2) is 4.79 Å². The fraction of sp³-hybridized carbons (Fsp3) is 0.0909.